The zero-order valence-corrected chi connectivity index (χ0v) is 11.3. The average molecular weight is 259 g/mol. The number of H-pyrrole nitrogens is 1. The minimum Gasteiger partial charge on any atom is -0.497 e. The zero-order valence-electron chi connectivity index (χ0n) is 11.3. The van der Waals surface area contributed by atoms with Crippen LogP contribution >= 0.6 is 0 Å². The van der Waals surface area contributed by atoms with E-state index in [1.54, 1.807) is 7.11 Å². The summed E-state index contributed by atoms with van der Waals surface area (Å²) in [4.78, 5) is 14.7. The topological polar surface area (TPSA) is 51.3 Å². The molecule has 0 aliphatic heterocycles. The molecule has 0 fully saturated rings. The first-order valence-corrected chi connectivity index (χ1v) is 6.03. The first-order valence-electron chi connectivity index (χ1n) is 6.03. The third kappa shape index (κ3) is 2.96. The molecule has 1 heterocycles. The van der Waals surface area contributed by atoms with E-state index < -0.39 is 0 Å². The van der Waals surface area contributed by atoms with E-state index in [4.69, 9.17) is 9.47 Å². The van der Waals surface area contributed by atoms with Crippen LogP contribution in [0.15, 0.2) is 35.1 Å². The number of aromatic amines is 1. The molecule has 0 amide bonds. The smallest absolute Gasteiger partial charge is 0.254 e. The molecule has 2 aromatic rings. The van der Waals surface area contributed by atoms with Crippen LogP contribution in [-0.2, 0) is 6.42 Å². The second-order valence-electron chi connectivity index (χ2n) is 4.35. The summed E-state index contributed by atoms with van der Waals surface area (Å²) in [5.74, 6) is 1.30. The van der Waals surface area contributed by atoms with Crippen LogP contribution < -0.4 is 15.0 Å². The number of hydrogen-bond donors (Lipinski definition) is 1. The maximum Gasteiger partial charge on any atom is 0.254 e. The molecule has 2 rings (SSSR count). The highest BCUT2D eigenvalue weighted by atomic mass is 16.5. The summed E-state index contributed by atoms with van der Waals surface area (Å²) in [6.45, 7) is 1.91. The summed E-state index contributed by atoms with van der Waals surface area (Å²) in [5.41, 5.74) is 2.65. The van der Waals surface area contributed by atoms with Gasteiger partial charge in [-0.2, -0.15) is 0 Å². The lowest BCUT2D eigenvalue weighted by molar-refractivity contribution is 0.396. The maximum absolute atomic E-state index is 12.0. The van der Waals surface area contributed by atoms with E-state index in [0.717, 1.165) is 22.4 Å². The summed E-state index contributed by atoms with van der Waals surface area (Å²) >= 11 is 0. The van der Waals surface area contributed by atoms with Crippen LogP contribution in [0.5, 0.6) is 11.6 Å². The van der Waals surface area contributed by atoms with Crippen molar-refractivity contribution in [2.75, 3.05) is 14.2 Å². The fourth-order valence-corrected chi connectivity index (χ4v) is 1.96. The van der Waals surface area contributed by atoms with Crippen molar-refractivity contribution in [2.45, 2.75) is 13.3 Å². The predicted molar refractivity (Wildman–Crippen MR) is 74.2 cm³/mol. The van der Waals surface area contributed by atoms with E-state index in [2.05, 4.69) is 4.98 Å². The molecule has 0 saturated heterocycles. The number of benzene rings is 1. The number of hydrogen-bond acceptors (Lipinski definition) is 3. The van der Waals surface area contributed by atoms with E-state index in [0.29, 0.717) is 12.3 Å². The normalized spacial score (nSPS) is 10.3. The maximum atomic E-state index is 12.0. The van der Waals surface area contributed by atoms with Crippen LogP contribution in [0.2, 0.25) is 0 Å². The Balaban J connectivity index is 2.30. The van der Waals surface area contributed by atoms with Gasteiger partial charge >= 0.3 is 0 Å². The van der Waals surface area contributed by atoms with E-state index in [1.165, 1.54) is 7.11 Å². The molecule has 19 heavy (non-hydrogen) atoms. The molecule has 1 aromatic heterocycles. The number of ether oxygens (including phenoxy) is 2. The van der Waals surface area contributed by atoms with Crippen molar-refractivity contribution in [3.63, 3.8) is 0 Å². The predicted octanol–water partition coefficient (Wildman–Crippen LogP) is 2.29. The molecule has 0 aliphatic carbocycles. The lowest BCUT2D eigenvalue weighted by atomic mass is 10.0. The molecule has 1 N–H and O–H groups in total. The SMILES string of the molecule is COc1ccc(Cc2c(C)cc(OC)[nH]c2=O)cc1. The van der Waals surface area contributed by atoms with Crippen molar-refractivity contribution in [1.82, 2.24) is 4.98 Å². The van der Waals surface area contributed by atoms with Crippen molar-refractivity contribution in [3.05, 3.63) is 57.4 Å². The second kappa shape index (κ2) is 5.61. The highest BCUT2D eigenvalue weighted by molar-refractivity contribution is 5.35. The average Bonchev–Trinajstić information content (AvgIpc) is 2.43. The van der Waals surface area contributed by atoms with Crippen LogP contribution in [0.25, 0.3) is 0 Å². The fourth-order valence-electron chi connectivity index (χ4n) is 1.96. The summed E-state index contributed by atoms with van der Waals surface area (Å²) in [5, 5.41) is 0. The Morgan fingerprint density at radius 2 is 1.79 bits per heavy atom. The van der Waals surface area contributed by atoms with E-state index in [-0.39, 0.29) is 5.56 Å². The number of nitrogens with one attached hydrogen (secondary N) is 1. The Morgan fingerprint density at radius 3 is 2.32 bits per heavy atom. The third-order valence-electron chi connectivity index (χ3n) is 3.09. The second-order valence-corrected chi connectivity index (χ2v) is 4.35. The van der Waals surface area contributed by atoms with Crippen LogP contribution in [0, 0.1) is 6.92 Å². The van der Waals surface area contributed by atoms with Gasteiger partial charge in [0.05, 0.1) is 14.2 Å². The highest BCUT2D eigenvalue weighted by Gasteiger charge is 2.08. The number of aromatic nitrogens is 1. The minimum absolute atomic E-state index is 0.104. The molecular weight excluding hydrogens is 242 g/mol. The summed E-state index contributed by atoms with van der Waals surface area (Å²) in [7, 11) is 3.17. The molecular formula is C15H17NO3. The van der Waals surface area contributed by atoms with Crippen molar-refractivity contribution in [2.24, 2.45) is 0 Å². The lowest BCUT2D eigenvalue weighted by Gasteiger charge is -2.08. The monoisotopic (exact) mass is 259 g/mol. The van der Waals surface area contributed by atoms with Gasteiger partial charge in [0.15, 0.2) is 5.88 Å². The summed E-state index contributed by atoms with van der Waals surface area (Å²) in [6.07, 6.45) is 0.592. The van der Waals surface area contributed by atoms with Crippen molar-refractivity contribution in [1.29, 1.82) is 0 Å². The van der Waals surface area contributed by atoms with Gasteiger partial charge in [-0.05, 0) is 30.2 Å². The van der Waals surface area contributed by atoms with Gasteiger partial charge in [-0.3, -0.25) is 9.78 Å². The fraction of sp³-hybridized carbons (Fsp3) is 0.267. The van der Waals surface area contributed by atoms with Crippen molar-refractivity contribution < 1.29 is 9.47 Å². The van der Waals surface area contributed by atoms with Gasteiger partial charge in [-0.15, -0.1) is 0 Å². The first kappa shape index (κ1) is 13.2. The van der Waals surface area contributed by atoms with Crippen molar-refractivity contribution in [3.8, 4) is 11.6 Å². The van der Waals surface area contributed by atoms with Gasteiger partial charge in [0.25, 0.3) is 5.56 Å². The van der Waals surface area contributed by atoms with Crippen LogP contribution in [-0.4, -0.2) is 19.2 Å². The highest BCUT2D eigenvalue weighted by Crippen LogP contribution is 2.16. The molecule has 4 heteroatoms. The number of aryl methyl sites for hydroxylation is 1. The Bertz CT molecular complexity index is 614. The number of pyridine rings is 1. The summed E-state index contributed by atoms with van der Waals surface area (Å²) < 4.78 is 10.2. The van der Waals surface area contributed by atoms with E-state index >= 15 is 0 Å². The third-order valence-corrected chi connectivity index (χ3v) is 3.09. The molecule has 0 spiro atoms. The summed E-state index contributed by atoms with van der Waals surface area (Å²) in [6, 6.07) is 9.54. The van der Waals surface area contributed by atoms with Gasteiger partial charge in [0.1, 0.15) is 5.75 Å². The molecule has 0 atom stereocenters. The van der Waals surface area contributed by atoms with Crippen molar-refractivity contribution >= 4 is 0 Å². The largest absolute Gasteiger partial charge is 0.497 e. The van der Waals surface area contributed by atoms with Crippen LogP contribution in [0.1, 0.15) is 16.7 Å². The lowest BCUT2D eigenvalue weighted by Crippen LogP contribution is -2.15. The Morgan fingerprint density at radius 1 is 1.11 bits per heavy atom. The van der Waals surface area contributed by atoms with E-state index in [9.17, 15) is 4.79 Å². The zero-order chi connectivity index (χ0) is 13.8. The standard InChI is InChI=1S/C15H17NO3/c1-10-8-14(19-3)16-15(17)13(10)9-11-4-6-12(18-2)7-5-11/h4-8H,9H2,1-3H3,(H,16,17). The van der Waals surface area contributed by atoms with Gasteiger partial charge in [0, 0.05) is 18.1 Å². The van der Waals surface area contributed by atoms with Gasteiger partial charge < -0.3 is 9.47 Å². The molecule has 0 aliphatic rings. The molecule has 4 nitrogen and oxygen atoms in total. The molecule has 0 saturated carbocycles. The number of rotatable bonds is 4. The Labute approximate surface area is 112 Å². The van der Waals surface area contributed by atoms with Crippen LogP contribution in [0.3, 0.4) is 0 Å². The Hall–Kier alpha value is -2.23. The molecule has 0 bridgehead atoms. The molecule has 0 unspecified atom stereocenters. The molecule has 0 radical (unpaired) electrons. The minimum atomic E-state index is -0.104. The molecule has 1 aromatic carbocycles. The number of methoxy groups -OCH3 is 2. The van der Waals surface area contributed by atoms with Gasteiger partial charge in [-0.1, -0.05) is 12.1 Å². The van der Waals surface area contributed by atoms with Crippen LogP contribution in [0.4, 0.5) is 0 Å². The van der Waals surface area contributed by atoms with Gasteiger partial charge in [-0.25, -0.2) is 0 Å². The van der Waals surface area contributed by atoms with E-state index in [1.807, 2.05) is 37.3 Å². The quantitative estimate of drug-likeness (QED) is 0.916. The Kier molecular flexibility index (Phi) is 3.90. The molecule has 100 valence electrons. The first-order chi connectivity index (χ1) is 9.13. The van der Waals surface area contributed by atoms with Gasteiger partial charge in [0.2, 0.25) is 0 Å².